The fourth-order valence-electron chi connectivity index (χ4n) is 6.99. The number of hydrogen-bond donors (Lipinski definition) is 0. The largest absolute Gasteiger partial charge is 0.373 e. The number of aromatic nitrogens is 3. The van der Waals surface area contributed by atoms with Crippen LogP contribution in [0.2, 0.25) is 0 Å². The van der Waals surface area contributed by atoms with E-state index in [4.69, 9.17) is 10.00 Å². The van der Waals surface area contributed by atoms with Crippen molar-refractivity contribution in [2.75, 3.05) is 32.7 Å². The third kappa shape index (κ3) is 11.3. The second-order valence-electron chi connectivity index (χ2n) is 13.7. The summed E-state index contributed by atoms with van der Waals surface area (Å²) in [5, 5.41) is 27.9. The number of halogens is 2. The van der Waals surface area contributed by atoms with Crippen LogP contribution in [-0.4, -0.2) is 74.4 Å². The van der Waals surface area contributed by atoms with E-state index in [-0.39, 0.29) is 44.1 Å². The Kier molecular flexibility index (Phi) is 15.1. The molecule has 3 unspecified atom stereocenters. The SMILES string of the molecule is N#CC(c1cncs1)N1CCC(F)(F)CC1.N#CC(c1cncs1)N1CCC(OCc2ccccc2)CC1.N#CC(c1cncs1)N1CCc2ccccc2C1. The molecule has 15 heteroatoms. The van der Waals surface area contributed by atoms with Crippen LogP contribution in [0.15, 0.2) is 89.7 Å². The topological polar surface area (TPSA) is 129 Å². The smallest absolute Gasteiger partial charge is 0.250 e. The maximum atomic E-state index is 13.0. The number of nitriles is 3. The van der Waals surface area contributed by atoms with Gasteiger partial charge in [0.05, 0.1) is 62.1 Å². The molecular formula is C41H43F2N9OS3. The average molecular weight is 812 g/mol. The number of rotatable bonds is 9. The number of ether oxygens (including phenoxy) is 1. The molecule has 3 aromatic heterocycles. The number of thiazole rings is 3. The van der Waals surface area contributed by atoms with E-state index in [2.05, 4.69) is 79.4 Å². The van der Waals surface area contributed by atoms with E-state index < -0.39 is 12.0 Å². The van der Waals surface area contributed by atoms with Crippen molar-refractivity contribution in [3.05, 3.63) is 121 Å². The first kappa shape index (κ1) is 41.1. The Bertz CT molecular complexity index is 2010. The second-order valence-corrected chi connectivity index (χ2v) is 16.5. The number of fused-ring (bicyclic) bond motifs is 1. The van der Waals surface area contributed by atoms with Crippen molar-refractivity contribution in [2.45, 2.75) is 75.4 Å². The first-order chi connectivity index (χ1) is 27.4. The first-order valence-corrected chi connectivity index (χ1v) is 21.2. The van der Waals surface area contributed by atoms with Crippen LogP contribution in [0, 0.1) is 34.0 Å². The lowest BCUT2D eigenvalue weighted by molar-refractivity contribution is -0.0593. The highest BCUT2D eigenvalue weighted by molar-refractivity contribution is 7.10. The van der Waals surface area contributed by atoms with Crippen molar-refractivity contribution in [3.63, 3.8) is 0 Å². The minimum Gasteiger partial charge on any atom is -0.373 e. The van der Waals surface area contributed by atoms with Gasteiger partial charge in [-0.3, -0.25) is 29.7 Å². The van der Waals surface area contributed by atoms with Crippen LogP contribution in [-0.2, 0) is 24.3 Å². The molecule has 0 aliphatic carbocycles. The molecule has 10 nitrogen and oxygen atoms in total. The van der Waals surface area contributed by atoms with Crippen LogP contribution < -0.4 is 0 Å². The van der Waals surface area contributed by atoms with E-state index in [0.717, 1.165) is 60.1 Å². The highest BCUT2D eigenvalue weighted by Crippen LogP contribution is 2.33. The van der Waals surface area contributed by atoms with Crippen LogP contribution in [0.4, 0.5) is 8.78 Å². The summed E-state index contributed by atoms with van der Waals surface area (Å²) in [5.74, 6) is -2.57. The summed E-state index contributed by atoms with van der Waals surface area (Å²) in [6.07, 6.45) is 8.17. The van der Waals surface area contributed by atoms with Gasteiger partial charge in [-0.1, -0.05) is 54.6 Å². The van der Waals surface area contributed by atoms with Gasteiger partial charge in [-0.2, -0.15) is 15.8 Å². The summed E-state index contributed by atoms with van der Waals surface area (Å²) in [6, 6.07) is 25.0. The molecule has 0 radical (unpaired) electrons. The number of benzene rings is 2. The van der Waals surface area contributed by atoms with Crippen LogP contribution in [0.25, 0.3) is 0 Å². The Labute approximate surface area is 338 Å². The summed E-state index contributed by atoms with van der Waals surface area (Å²) in [7, 11) is 0. The van der Waals surface area contributed by atoms with Crippen LogP contribution in [0.3, 0.4) is 0 Å². The van der Waals surface area contributed by atoms with E-state index in [1.54, 1.807) is 62.7 Å². The molecule has 6 heterocycles. The Morgan fingerprint density at radius 2 is 1.14 bits per heavy atom. The zero-order chi connectivity index (χ0) is 39.2. The van der Waals surface area contributed by atoms with Gasteiger partial charge >= 0.3 is 0 Å². The predicted octanol–water partition coefficient (Wildman–Crippen LogP) is 8.59. The van der Waals surface area contributed by atoms with Crippen LogP contribution in [0.5, 0.6) is 0 Å². The van der Waals surface area contributed by atoms with Gasteiger partial charge in [-0.15, -0.1) is 34.0 Å². The number of piperidine rings is 2. The maximum absolute atomic E-state index is 13.0. The Hall–Kier alpha value is -4.50. The highest BCUT2D eigenvalue weighted by atomic mass is 32.1. The third-order valence-electron chi connectivity index (χ3n) is 10.1. The standard InChI is InChI=1S/C17H19N3OS.C14H13N3S.C10H11F2N3S/c18-10-16(17-11-19-13-22-17)20-8-6-15(7-9-20)21-12-14-4-2-1-3-5-14;15-7-13(14-8-16-10-18-14)17-6-5-11-3-1-2-4-12(11)9-17;11-10(12)1-3-15(4-2-10)8(5-13)9-6-14-7-16-9/h1-5,11,13,15-16H,6-9,12H2;1-4,8,10,13H,5-6,9H2;6-8H,1-4H2. The number of likely N-dealkylation sites (tertiary alicyclic amines) is 2. The Morgan fingerprint density at radius 1 is 0.661 bits per heavy atom. The van der Waals surface area contributed by atoms with E-state index in [9.17, 15) is 19.3 Å². The average Bonchev–Trinajstić information content (AvgIpc) is 4.07. The lowest BCUT2D eigenvalue weighted by Gasteiger charge is -2.34. The monoisotopic (exact) mass is 811 g/mol. The first-order valence-electron chi connectivity index (χ1n) is 18.5. The normalized spacial score (nSPS) is 18.9. The van der Waals surface area contributed by atoms with Crippen molar-refractivity contribution in [1.82, 2.24) is 29.7 Å². The molecule has 3 aliphatic rings. The Morgan fingerprint density at radius 3 is 1.64 bits per heavy atom. The molecule has 2 aromatic carbocycles. The quantitative estimate of drug-likeness (QED) is 0.143. The molecule has 0 bridgehead atoms. The molecule has 0 saturated carbocycles. The zero-order valence-corrected chi connectivity index (χ0v) is 33.3. The molecule has 5 aromatic rings. The molecule has 56 heavy (non-hydrogen) atoms. The minimum atomic E-state index is -2.57. The lowest BCUT2D eigenvalue weighted by atomic mass is 9.98. The Balaban J connectivity index is 0.000000144. The molecular weight excluding hydrogens is 769 g/mol. The highest BCUT2D eigenvalue weighted by Gasteiger charge is 2.37. The van der Waals surface area contributed by atoms with Crippen molar-refractivity contribution < 1.29 is 13.5 Å². The van der Waals surface area contributed by atoms with Crippen LogP contribution in [0.1, 0.15) is 75.1 Å². The summed E-state index contributed by atoms with van der Waals surface area (Å²) >= 11 is 4.49. The molecule has 0 spiro atoms. The fourth-order valence-corrected chi connectivity index (χ4v) is 9.08. The van der Waals surface area contributed by atoms with E-state index in [1.807, 2.05) is 18.2 Å². The van der Waals surface area contributed by atoms with E-state index in [0.29, 0.717) is 6.61 Å². The van der Waals surface area contributed by atoms with E-state index >= 15 is 0 Å². The maximum Gasteiger partial charge on any atom is 0.250 e. The number of alkyl halides is 2. The number of hydrogen-bond acceptors (Lipinski definition) is 13. The molecule has 3 atom stereocenters. The van der Waals surface area contributed by atoms with Crippen molar-refractivity contribution in [2.24, 2.45) is 0 Å². The third-order valence-corrected chi connectivity index (χ3v) is 12.6. The molecule has 290 valence electrons. The zero-order valence-electron chi connectivity index (χ0n) is 30.9. The minimum absolute atomic E-state index is 0.161. The van der Waals surface area contributed by atoms with Gasteiger partial charge in [-0.25, -0.2) is 8.78 Å². The van der Waals surface area contributed by atoms with Gasteiger partial charge in [0, 0.05) is 70.7 Å². The van der Waals surface area contributed by atoms with Gasteiger partial charge < -0.3 is 4.74 Å². The van der Waals surface area contributed by atoms with Crippen molar-refractivity contribution in [3.8, 4) is 18.2 Å². The fraction of sp³-hybridized carbons (Fsp3) is 0.415. The van der Waals surface area contributed by atoms with E-state index in [1.165, 1.54) is 28.0 Å². The predicted molar refractivity (Wildman–Crippen MR) is 214 cm³/mol. The lowest BCUT2D eigenvalue weighted by Crippen LogP contribution is -2.40. The van der Waals surface area contributed by atoms with Gasteiger partial charge in [0.25, 0.3) is 5.92 Å². The van der Waals surface area contributed by atoms with Gasteiger partial charge in [-0.05, 0) is 36.0 Å². The summed E-state index contributed by atoms with van der Waals surface area (Å²) in [4.78, 5) is 21.2. The second kappa shape index (κ2) is 20.6. The molecule has 0 N–H and O–H groups in total. The molecule has 0 amide bonds. The van der Waals surface area contributed by atoms with Crippen molar-refractivity contribution >= 4 is 34.0 Å². The number of nitrogens with zero attached hydrogens (tertiary/aromatic N) is 9. The van der Waals surface area contributed by atoms with Crippen molar-refractivity contribution in [1.29, 1.82) is 15.8 Å². The van der Waals surface area contributed by atoms with Gasteiger partial charge in [0.15, 0.2) is 0 Å². The molecule has 2 fully saturated rings. The molecule has 3 aliphatic heterocycles. The molecule has 8 rings (SSSR count). The van der Waals surface area contributed by atoms with Gasteiger partial charge in [0.1, 0.15) is 18.1 Å². The summed E-state index contributed by atoms with van der Waals surface area (Å²) in [5.41, 5.74) is 9.19. The summed E-state index contributed by atoms with van der Waals surface area (Å²) in [6.45, 7) is 4.79. The van der Waals surface area contributed by atoms with Gasteiger partial charge in [0.2, 0.25) is 0 Å². The van der Waals surface area contributed by atoms with Crippen LogP contribution >= 0.6 is 34.0 Å². The summed E-state index contributed by atoms with van der Waals surface area (Å²) < 4.78 is 31.9. The molecule has 2 saturated heterocycles.